The molecule has 0 bridgehead atoms. The number of esters is 1. The van der Waals surface area contributed by atoms with E-state index in [0.717, 1.165) is 35.0 Å². The van der Waals surface area contributed by atoms with Crippen LogP contribution in [0.3, 0.4) is 0 Å². The maximum Gasteiger partial charge on any atom is 1.00 e. The molecule has 0 saturated heterocycles. The topological polar surface area (TPSA) is 142 Å². The average Bonchev–Trinajstić information content (AvgIpc) is 3.33. The standard InChI is InChI=1S/C29H38O3.C15H21Br.C15H20O3.CH2O3.2Cs.H/c1-7-20(2)16-23(18-27(30)31)22-9-11-24(12-10-22)32-19-21-8-13-25-26(17-21)29(5,6)15-14-28(25,3)4;1-14(2)7-8-15(3,4)13-9-11(10-16)5-6-12(13)14;1-4-11(2)9-13(10-15(17)18-3)12-5-7-14(16)8-6-12;2-1-4-3;;;/h8-13,16-17,23H,7,14-15,18-19H2,1-6H3,(H,30,31);5-6,9H,7-8,10H2,1-4H3;5-9,13,16H,4,10H2,1-3H3;1,3H;;;/q;;;;2*+1;-1/p-1/b20-16+;;11-9+;;;;/t23-;;13-;;;;/m1.1..../s1. The van der Waals surface area contributed by atoms with Crippen LogP contribution >= 0.6 is 15.9 Å². The van der Waals surface area contributed by atoms with Crippen molar-refractivity contribution < 1.29 is 183 Å². The second-order valence-corrected chi connectivity index (χ2v) is 22.0. The zero-order chi connectivity index (χ0) is 52.5. The number of carboxylic acid groups (broad SMARTS) is 1. The van der Waals surface area contributed by atoms with Gasteiger partial charge in [-0.2, -0.15) is 0 Å². The van der Waals surface area contributed by atoms with Gasteiger partial charge in [0.1, 0.15) is 18.1 Å². The number of halogens is 1. The Kier molecular flexibility index (Phi) is 31.2. The van der Waals surface area contributed by atoms with Crippen LogP contribution in [0.4, 0.5) is 0 Å². The quantitative estimate of drug-likeness (QED) is 0.0300. The van der Waals surface area contributed by atoms with Crippen molar-refractivity contribution >= 4 is 34.3 Å². The van der Waals surface area contributed by atoms with Crippen LogP contribution in [0, 0.1) is 0 Å². The number of hydrogen-bond acceptors (Lipinski definition) is 8. The first-order valence-electron chi connectivity index (χ1n) is 24.6. The van der Waals surface area contributed by atoms with E-state index in [9.17, 15) is 19.8 Å². The zero-order valence-electron chi connectivity index (χ0n) is 47.2. The molecule has 4 aromatic rings. The summed E-state index contributed by atoms with van der Waals surface area (Å²) in [7, 11) is 1.40. The Balaban J connectivity index is 0.00000108. The Morgan fingerprint density at radius 2 is 1.06 bits per heavy atom. The van der Waals surface area contributed by atoms with E-state index in [1.165, 1.54) is 66.2 Å². The number of phenolic OH excluding ortho intramolecular Hbond substituents is 1. The normalized spacial score (nSPS) is 16.4. The summed E-state index contributed by atoms with van der Waals surface area (Å²) in [6.45, 7) is 27.5. The average molecular weight is 1290 g/mol. The van der Waals surface area contributed by atoms with Gasteiger partial charge >= 0.3 is 150 Å². The number of rotatable bonds is 15. The fourth-order valence-corrected chi connectivity index (χ4v) is 9.41. The van der Waals surface area contributed by atoms with Gasteiger partial charge in [0, 0.05) is 17.2 Å². The number of allylic oxidation sites excluding steroid dienone is 4. The van der Waals surface area contributed by atoms with Gasteiger partial charge in [-0.15, -0.1) is 0 Å². The van der Waals surface area contributed by atoms with Crippen molar-refractivity contribution in [3.63, 3.8) is 0 Å². The number of carbonyl (C=O) groups excluding carboxylic acids is 2. The van der Waals surface area contributed by atoms with E-state index >= 15 is 0 Å². The summed E-state index contributed by atoms with van der Waals surface area (Å²) in [5, 5.41) is 28.0. The van der Waals surface area contributed by atoms with Gasteiger partial charge < -0.3 is 31.3 Å². The smallest absolute Gasteiger partial charge is 1.00 e. The Bertz CT molecular complexity index is 2390. The molecular formula is C60H81BrCs2O9. The predicted molar refractivity (Wildman–Crippen MR) is 286 cm³/mol. The van der Waals surface area contributed by atoms with Crippen LogP contribution in [0.2, 0.25) is 0 Å². The van der Waals surface area contributed by atoms with Crippen LogP contribution in [-0.4, -0.2) is 35.7 Å². The van der Waals surface area contributed by atoms with Gasteiger partial charge in [0.15, 0.2) is 0 Å². The second kappa shape index (κ2) is 32.6. The van der Waals surface area contributed by atoms with Crippen molar-refractivity contribution in [3.05, 3.63) is 153 Å². The van der Waals surface area contributed by atoms with Crippen molar-refractivity contribution in [1.29, 1.82) is 0 Å². The number of phenols is 1. The Morgan fingerprint density at radius 3 is 1.44 bits per heavy atom. The number of aliphatic carboxylic acids is 1. The first-order valence-corrected chi connectivity index (χ1v) is 25.7. The third-order valence-electron chi connectivity index (χ3n) is 14.2. The molecule has 2 N–H and O–H groups in total. The molecule has 72 heavy (non-hydrogen) atoms. The third-order valence-corrected chi connectivity index (χ3v) is 14.8. The first-order chi connectivity index (χ1) is 32.9. The first kappa shape index (κ1) is 68.9. The largest absolute Gasteiger partial charge is 1.00 e. The molecule has 4 aromatic carbocycles. The van der Waals surface area contributed by atoms with Crippen LogP contribution in [0.5, 0.6) is 11.5 Å². The predicted octanol–water partition coefficient (Wildman–Crippen LogP) is 8.41. The molecule has 6 rings (SSSR count). The molecular weight excluding hydrogens is 1210 g/mol. The minimum Gasteiger partial charge on any atom is -1.00 e. The molecule has 0 aromatic heterocycles. The number of fused-ring (bicyclic) bond motifs is 2. The van der Waals surface area contributed by atoms with Gasteiger partial charge in [0.05, 0.1) is 20.0 Å². The van der Waals surface area contributed by atoms with Gasteiger partial charge in [-0.05, 0) is 143 Å². The number of alkyl halides is 1. The molecule has 2 atom stereocenters. The fourth-order valence-electron chi connectivity index (χ4n) is 9.06. The Hall–Kier alpha value is -1.09. The van der Waals surface area contributed by atoms with Gasteiger partial charge in [-0.1, -0.05) is 169 Å². The van der Waals surface area contributed by atoms with E-state index in [0.29, 0.717) is 23.9 Å². The molecule has 0 fully saturated rings. The zero-order valence-corrected chi connectivity index (χ0v) is 60.3. The molecule has 2 aliphatic rings. The molecule has 0 unspecified atom stereocenters. The number of carboxylic acids is 1. The number of hydrogen-bond donors (Lipinski definition) is 2. The molecule has 9 nitrogen and oxygen atoms in total. The maximum absolute atomic E-state index is 11.4. The molecule has 2 aliphatic carbocycles. The fraction of sp³-hybridized carbons (Fsp3) is 0.483. The molecule has 0 aliphatic heterocycles. The minimum absolute atomic E-state index is 0. The van der Waals surface area contributed by atoms with Gasteiger partial charge in [-0.3, -0.25) is 14.4 Å². The molecule has 0 radical (unpaired) electrons. The second-order valence-electron chi connectivity index (χ2n) is 21.4. The van der Waals surface area contributed by atoms with Crippen LogP contribution in [0.25, 0.3) is 0 Å². The molecule has 12 heteroatoms. The van der Waals surface area contributed by atoms with Gasteiger partial charge in [0.25, 0.3) is 6.47 Å². The molecule has 0 saturated carbocycles. The van der Waals surface area contributed by atoms with E-state index in [1.54, 1.807) is 23.3 Å². The Labute approximate surface area is 559 Å². The van der Waals surface area contributed by atoms with E-state index in [2.05, 4.69) is 139 Å². The molecule has 0 heterocycles. The third kappa shape index (κ3) is 21.7. The number of carbonyl (C=O) groups is 3. The summed E-state index contributed by atoms with van der Waals surface area (Å²) in [5.74, 6) is -0.101. The van der Waals surface area contributed by atoms with Gasteiger partial charge in [-0.25, -0.2) is 0 Å². The van der Waals surface area contributed by atoms with Crippen molar-refractivity contribution in [2.45, 2.75) is 180 Å². The molecule has 0 amide bonds. The van der Waals surface area contributed by atoms with E-state index in [1.807, 2.05) is 50.2 Å². The SMILES string of the molecule is CC/C(C)=C/[C@H](CC(=O)O)c1ccc(OCc2ccc3c(c2)C(C)(C)CCC3(C)C)cc1.CC/C(C)=C/[C@H](CC(=O)OC)c1ccc(O)cc1.CC1(C)CCC(C)(C)c2cc(CBr)ccc21.O=CO[O-].[Cs+].[Cs+].[H-]. The van der Waals surface area contributed by atoms with Crippen molar-refractivity contribution in [1.82, 2.24) is 0 Å². The molecule has 0 spiro atoms. The van der Waals surface area contributed by atoms with Crippen LogP contribution in [0.15, 0.2) is 108 Å². The van der Waals surface area contributed by atoms with Crippen molar-refractivity contribution in [3.8, 4) is 11.5 Å². The van der Waals surface area contributed by atoms with Crippen molar-refractivity contribution in [2.75, 3.05) is 7.11 Å². The molecule has 384 valence electrons. The number of aromatic hydroxyl groups is 1. The van der Waals surface area contributed by atoms with Crippen molar-refractivity contribution in [2.24, 2.45) is 0 Å². The number of methoxy groups -OCH3 is 1. The Morgan fingerprint density at radius 1 is 0.667 bits per heavy atom. The van der Waals surface area contributed by atoms with E-state index in [-0.39, 0.29) is 186 Å². The van der Waals surface area contributed by atoms with E-state index < -0.39 is 5.97 Å². The maximum atomic E-state index is 11.4. The van der Waals surface area contributed by atoms with E-state index in [4.69, 9.17) is 19.5 Å². The summed E-state index contributed by atoms with van der Waals surface area (Å²) in [6, 6.07) is 28.6. The van der Waals surface area contributed by atoms with Gasteiger partial charge in [0.2, 0.25) is 0 Å². The number of ether oxygens (including phenoxy) is 2. The summed E-state index contributed by atoms with van der Waals surface area (Å²) in [4.78, 5) is 34.0. The summed E-state index contributed by atoms with van der Waals surface area (Å²) in [6.07, 6.45) is 11.4. The minimum atomic E-state index is -0.783. The monoisotopic (exact) mass is 1290 g/mol. The number of benzene rings is 4. The van der Waals surface area contributed by atoms with Crippen LogP contribution in [-0.2, 0) is 57.6 Å². The summed E-state index contributed by atoms with van der Waals surface area (Å²) in [5.41, 5.74) is 14.1. The van der Waals surface area contributed by atoms with Crippen LogP contribution in [0.1, 0.15) is 192 Å². The van der Waals surface area contributed by atoms with Crippen LogP contribution < -0.4 is 148 Å². The summed E-state index contributed by atoms with van der Waals surface area (Å²) >= 11 is 3.55. The summed E-state index contributed by atoms with van der Waals surface area (Å²) < 4.78 is 10.8.